The average molecular weight is 136 g/mol. The summed E-state index contributed by atoms with van der Waals surface area (Å²) >= 11 is 0. The molecule has 0 N–H and O–H groups in total. The Hall–Kier alpha value is -0.970. The number of nitriles is 1. The SMILES string of the molecule is C=CCC1CCCN1C#N. The largest absolute Gasteiger partial charge is 0.307 e. The van der Waals surface area contributed by atoms with E-state index < -0.39 is 0 Å². The standard InChI is InChI=1S/C8H12N2/c1-2-4-8-5-3-6-10(8)7-9/h2,8H,1,3-6H2. The Morgan fingerprint density at radius 1 is 1.80 bits per heavy atom. The second-order valence-electron chi connectivity index (χ2n) is 2.61. The van der Waals surface area contributed by atoms with Gasteiger partial charge >= 0.3 is 0 Å². The molecule has 0 aliphatic carbocycles. The van der Waals surface area contributed by atoms with E-state index in [1.54, 1.807) is 0 Å². The normalized spacial score (nSPS) is 24.3. The zero-order chi connectivity index (χ0) is 7.40. The van der Waals surface area contributed by atoms with E-state index in [-0.39, 0.29) is 0 Å². The molecule has 2 nitrogen and oxygen atoms in total. The van der Waals surface area contributed by atoms with E-state index in [1.807, 2.05) is 11.0 Å². The van der Waals surface area contributed by atoms with Crippen molar-refractivity contribution in [2.75, 3.05) is 6.54 Å². The molecule has 1 aliphatic heterocycles. The average Bonchev–Trinajstić information content (AvgIpc) is 2.36. The van der Waals surface area contributed by atoms with Gasteiger partial charge in [0.05, 0.1) is 0 Å². The highest BCUT2D eigenvalue weighted by Crippen LogP contribution is 2.18. The van der Waals surface area contributed by atoms with E-state index in [9.17, 15) is 0 Å². The Morgan fingerprint density at radius 2 is 2.60 bits per heavy atom. The van der Waals surface area contributed by atoms with Crippen LogP contribution in [0.3, 0.4) is 0 Å². The van der Waals surface area contributed by atoms with Crippen molar-refractivity contribution < 1.29 is 0 Å². The van der Waals surface area contributed by atoms with Crippen molar-refractivity contribution in [3.05, 3.63) is 12.7 Å². The first kappa shape index (κ1) is 7.14. The van der Waals surface area contributed by atoms with Crippen LogP contribution >= 0.6 is 0 Å². The maximum atomic E-state index is 8.60. The third-order valence-electron chi connectivity index (χ3n) is 1.94. The Labute approximate surface area is 61.8 Å². The molecule has 1 rings (SSSR count). The van der Waals surface area contributed by atoms with Crippen molar-refractivity contribution in [2.24, 2.45) is 0 Å². The molecular formula is C8H12N2. The molecule has 1 unspecified atom stereocenters. The zero-order valence-corrected chi connectivity index (χ0v) is 6.08. The molecule has 54 valence electrons. The van der Waals surface area contributed by atoms with Gasteiger partial charge in [0, 0.05) is 12.6 Å². The van der Waals surface area contributed by atoms with Gasteiger partial charge in [-0.1, -0.05) is 6.08 Å². The molecule has 0 spiro atoms. The van der Waals surface area contributed by atoms with Crippen molar-refractivity contribution in [3.8, 4) is 6.19 Å². The van der Waals surface area contributed by atoms with Gasteiger partial charge in [0.1, 0.15) is 0 Å². The summed E-state index contributed by atoms with van der Waals surface area (Å²) in [6.45, 7) is 4.60. The van der Waals surface area contributed by atoms with Gasteiger partial charge in [-0.05, 0) is 19.3 Å². The van der Waals surface area contributed by atoms with Crippen LogP contribution in [-0.4, -0.2) is 17.5 Å². The van der Waals surface area contributed by atoms with Gasteiger partial charge in [-0.25, -0.2) is 0 Å². The van der Waals surface area contributed by atoms with Gasteiger partial charge in [0.2, 0.25) is 0 Å². The molecule has 10 heavy (non-hydrogen) atoms. The zero-order valence-electron chi connectivity index (χ0n) is 6.08. The summed E-state index contributed by atoms with van der Waals surface area (Å²) in [5, 5.41) is 8.60. The molecule has 1 heterocycles. The molecule has 0 aromatic carbocycles. The topological polar surface area (TPSA) is 27.0 Å². The molecule has 0 amide bonds. The highest BCUT2D eigenvalue weighted by atomic mass is 15.2. The van der Waals surface area contributed by atoms with Gasteiger partial charge in [-0.2, -0.15) is 5.26 Å². The third-order valence-corrected chi connectivity index (χ3v) is 1.94. The van der Waals surface area contributed by atoms with Crippen LogP contribution in [0.15, 0.2) is 12.7 Å². The van der Waals surface area contributed by atoms with Crippen molar-refractivity contribution >= 4 is 0 Å². The lowest BCUT2D eigenvalue weighted by Gasteiger charge is -2.15. The summed E-state index contributed by atoms with van der Waals surface area (Å²) in [7, 11) is 0. The maximum absolute atomic E-state index is 8.60. The van der Waals surface area contributed by atoms with E-state index in [0.29, 0.717) is 6.04 Å². The predicted molar refractivity (Wildman–Crippen MR) is 40.2 cm³/mol. The summed E-state index contributed by atoms with van der Waals surface area (Å²) in [6.07, 6.45) is 7.34. The first-order chi connectivity index (χ1) is 4.88. The van der Waals surface area contributed by atoms with Crippen molar-refractivity contribution in [1.29, 1.82) is 5.26 Å². The Bertz CT molecular complexity index is 157. The molecular weight excluding hydrogens is 124 g/mol. The fourth-order valence-electron chi connectivity index (χ4n) is 1.40. The summed E-state index contributed by atoms with van der Waals surface area (Å²) < 4.78 is 0. The minimum Gasteiger partial charge on any atom is -0.307 e. The molecule has 1 atom stereocenters. The third kappa shape index (κ3) is 1.30. The number of hydrogen-bond donors (Lipinski definition) is 0. The number of rotatable bonds is 2. The second-order valence-corrected chi connectivity index (χ2v) is 2.61. The maximum Gasteiger partial charge on any atom is 0.179 e. The fraction of sp³-hybridized carbons (Fsp3) is 0.625. The number of likely N-dealkylation sites (tertiary alicyclic amines) is 1. The Balaban J connectivity index is 2.43. The first-order valence-electron chi connectivity index (χ1n) is 3.65. The van der Waals surface area contributed by atoms with E-state index in [4.69, 9.17) is 5.26 Å². The molecule has 1 aliphatic rings. The smallest absolute Gasteiger partial charge is 0.179 e. The first-order valence-corrected chi connectivity index (χ1v) is 3.65. The van der Waals surface area contributed by atoms with Gasteiger partial charge in [-0.15, -0.1) is 6.58 Å². The summed E-state index contributed by atoms with van der Waals surface area (Å²) in [4.78, 5) is 1.85. The Kier molecular flexibility index (Phi) is 2.33. The van der Waals surface area contributed by atoms with Crippen LogP contribution in [-0.2, 0) is 0 Å². The van der Waals surface area contributed by atoms with Crippen LogP contribution in [0, 0.1) is 11.5 Å². The quantitative estimate of drug-likeness (QED) is 0.425. The van der Waals surface area contributed by atoms with Crippen LogP contribution in [0.5, 0.6) is 0 Å². The number of nitrogens with zero attached hydrogens (tertiary/aromatic N) is 2. The summed E-state index contributed by atoms with van der Waals surface area (Å²) in [6, 6.07) is 0.447. The molecule has 0 saturated carbocycles. The predicted octanol–water partition coefficient (Wildman–Crippen LogP) is 1.51. The van der Waals surface area contributed by atoms with Crippen molar-refractivity contribution in [3.63, 3.8) is 0 Å². The Morgan fingerprint density at radius 3 is 3.20 bits per heavy atom. The fourth-order valence-corrected chi connectivity index (χ4v) is 1.40. The molecule has 1 fully saturated rings. The van der Waals surface area contributed by atoms with Crippen LogP contribution in [0.2, 0.25) is 0 Å². The highest BCUT2D eigenvalue weighted by molar-refractivity contribution is 4.91. The highest BCUT2D eigenvalue weighted by Gasteiger charge is 2.21. The van der Waals surface area contributed by atoms with Gasteiger partial charge < -0.3 is 4.90 Å². The molecule has 0 aromatic heterocycles. The van der Waals surface area contributed by atoms with Gasteiger partial charge in [0.15, 0.2) is 6.19 Å². The van der Waals surface area contributed by atoms with E-state index in [0.717, 1.165) is 25.8 Å². The lowest BCUT2D eigenvalue weighted by Crippen LogP contribution is -2.23. The summed E-state index contributed by atoms with van der Waals surface area (Å²) in [5.41, 5.74) is 0. The van der Waals surface area contributed by atoms with Crippen molar-refractivity contribution in [2.45, 2.75) is 25.3 Å². The van der Waals surface area contributed by atoms with E-state index >= 15 is 0 Å². The van der Waals surface area contributed by atoms with Crippen LogP contribution in [0.4, 0.5) is 0 Å². The monoisotopic (exact) mass is 136 g/mol. The number of hydrogen-bond acceptors (Lipinski definition) is 2. The van der Waals surface area contributed by atoms with Crippen LogP contribution in [0.25, 0.3) is 0 Å². The van der Waals surface area contributed by atoms with Crippen molar-refractivity contribution in [1.82, 2.24) is 4.90 Å². The van der Waals surface area contributed by atoms with E-state index in [2.05, 4.69) is 12.8 Å². The summed E-state index contributed by atoms with van der Waals surface area (Å²) in [5.74, 6) is 0. The lowest BCUT2D eigenvalue weighted by atomic mass is 10.1. The minimum atomic E-state index is 0.447. The second kappa shape index (κ2) is 3.26. The van der Waals surface area contributed by atoms with Gasteiger partial charge in [-0.3, -0.25) is 0 Å². The molecule has 0 radical (unpaired) electrons. The lowest BCUT2D eigenvalue weighted by molar-refractivity contribution is 0.367. The van der Waals surface area contributed by atoms with E-state index in [1.165, 1.54) is 0 Å². The molecule has 0 bridgehead atoms. The van der Waals surface area contributed by atoms with Gasteiger partial charge in [0.25, 0.3) is 0 Å². The molecule has 0 aromatic rings. The van der Waals surface area contributed by atoms with Crippen LogP contribution < -0.4 is 0 Å². The minimum absolute atomic E-state index is 0.447. The molecule has 2 heteroatoms. The van der Waals surface area contributed by atoms with Crippen LogP contribution in [0.1, 0.15) is 19.3 Å². The molecule has 1 saturated heterocycles.